The highest BCUT2D eigenvalue weighted by Crippen LogP contribution is 2.39. The molecular formula is C21H21N3O3. The van der Waals surface area contributed by atoms with E-state index in [-0.39, 0.29) is 23.6 Å². The first-order chi connectivity index (χ1) is 13.0. The summed E-state index contributed by atoms with van der Waals surface area (Å²) in [6, 6.07) is 14.0. The molecule has 2 aromatic carbocycles. The Balaban J connectivity index is 1.72. The van der Waals surface area contributed by atoms with Crippen LogP contribution in [0.1, 0.15) is 41.5 Å². The molecule has 0 bridgehead atoms. The normalized spacial score (nSPS) is 16.6. The van der Waals surface area contributed by atoms with Crippen molar-refractivity contribution in [1.29, 1.82) is 0 Å². The number of nitro groups is 1. The molecule has 6 nitrogen and oxygen atoms in total. The number of carbonyl (C=O) groups is 1. The molecule has 1 aliphatic heterocycles. The zero-order valence-electron chi connectivity index (χ0n) is 15.3. The van der Waals surface area contributed by atoms with Gasteiger partial charge in [0.2, 0.25) is 0 Å². The summed E-state index contributed by atoms with van der Waals surface area (Å²) in [5.74, 6) is 0.145. The molecule has 0 saturated heterocycles. The van der Waals surface area contributed by atoms with Crippen molar-refractivity contribution in [2.45, 2.75) is 26.3 Å². The topological polar surface area (TPSA) is 79.2 Å². The largest absolute Gasteiger partial charge is 0.356 e. The summed E-state index contributed by atoms with van der Waals surface area (Å²) in [5.41, 5.74) is 3.96. The van der Waals surface area contributed by atoms with Crippen LogP contribution in [0.3, 0.4) is 0 Å². The molecule has 138 valence electrons. The van der Waals surface area contributed by atoms with Crippen LogP contribution in [0.15, 0.2) is 48.5 Å². The van der Waals surface area contributed by atoms with E-state index in [0.29, 0.717) is 12.1 Å². The molecule has 1 aromatic heterocycles. The number of carbonyl (C=O) groups excluding carboxylic acids is 1. The summed E-state index contributed by atoms with van der Waals surface area (Å²) in [5, 5.41) is 12.1. The summed E-state index contributed by atoms with van der Waals surface area (Å²) in [7, 11) is 0. The van der Waals surface area contributed by atoms with E-state index in [4.69, 9.17) is 0 Å². The van der Waals surface area contributed by atoms with Gasteiger partial charge in [0.1, 0.15) is 0 Å². The van der Waals surface area contributed by atoms with Crippen LogP contribution in [0.25, 0.3) is 10.9 Å². The maximum absolute atomic E-state index is 13.2. The third kappa shape index (κ3) is 2.87. The standard InChI is InChI=1S/C21H21N3O3/c1-13(2)20-19-17(16-5-3-4-6-18(16)22-19)11-12-23(20)21(25)14-7-9-15(10-8-14)24(26)27/h3-10,13,20,22H,11-12H2,1-2H3. The molecule has 4 rings (SSSR count). The Hall–Kier alpha value is -3.15. The minimum absolute atomic E-state index is 0.0106. The van der Waals surface area contributed by atoms with Gasteiger partial charge in [0.25, 0.3) is 11.6 Å². The highest BCUT2D eigenvalue weighted by molar-refractivity contribution is 5.95. The second-order valence-corrected chi connectivity index (χ2v) is 7.30. The molecule has 0 spiro atoms. The van der Waals surface area contributed by atoms with Crippen molar-refractivity contribution in [3.8, 4) is 0 Å². The molecule has 1 N–H and O–H groups in total. The van der Waals surface area contributed by atoms with Crippen LogP contribution in [0, 0.1) is 16.0 Å². The molecule has 1 unspecified atom stereocenters. The lowest BCUT2D eigenvalue weighted by molar-refractivity contribution is -0.384. The van der Waals surface area contributed by atoms with Crippen molar-refractivity contribution in [1.82, 2.24) is 9.88 Å². The van der Waals surface area contributed by atoms with Crippen molar-refractivity contribution in [3.63, 3.8) is 0 Å². The maximum atomic E-state index is 13.2. The minimum atomic E-state index is -0.456. The Kier molecular flexibility index (Phi) is 4.18. The van der Waals surface area contributed by atoms with Gasteiger partial charge in [-0.05, 0) is 36.1 Å². The predicted molar refractivity (Wildman–Crippen MR) is 104 cm³/mol. The molecule has 2 heterocycles. The summed E-state index contributed by atoms with van der Waals surface area (Å²) < 4.78 is 0. The van der Waals surface area contributed by atoms with Gasteiger partial charge in [-0.25, -0.2) is 0 Å². The van der Waals surface area contributed by atoms with Gasteiger partial charge in [-0.3, -0.25) is 14.9 Å². The quantitative estimate of drug-likeness (QED) is 0.551. The van der Waals surface area contributed by atoms with Gasteiger partial charge in [-0.1, -0.05) is 32.0 Å². The van der Waals surface area contributed by atoms with Gasteiger partial charge >= 0.3 is 0 Å². The molecule has 1 amide bonds. The number of amides is 1. The Morgan fingerprint density at radius 3 is 2.56 bits per heavy atom. The van der Waals surface area contributed by atoms with Gasteiger partial charge in [-0.15, -0.1) is 0 Å². The highest BCUT2D eigenvalue weighted by atomic mass is 16.6. The van der Waals surface area contributed by atoms with Crippen molar-refractivity contribution < 1.29 is 9.72 Å². The lowest BCUT2D eigenvalue weighted by Gasteiger charge is -2.38. The van der Waals surface area contributed by atoms with Crippen LogP contribution in [0.5, 0.6) is 0 Å². The molecular weight excluding hydrogens is 342 g/mol. The Labute approximate surface area is 157 Å². The zero-order valence-corrected chi connectivity index (χ0v) is 15.3. The number of non-ortho nitro benzene ring substituents is 1. The number of nitro benzene ring substituents is 1. The molecule has 0 radical (unpaired) electrons. The van der Waals surface area contributed by atoms with Crippen LogP contribution >= 0.6 is 0 Å². The van der Waals surface area contributed by atoms with E-state index >= 15 is 0 Å². The Morgan fingerprint density at radius 1 is 1.19 bits per heavy atom. The van der Waals surface area contributed by atoms with Crippen LogP contribution in [0.4, 0.5) is 5.69 Å². The number of benzene rings is 2. The fourth-order valence-electron chi connectivity index (χ4n) is 4.08. The van der Waals surface area contributed by atoms with E-state index < -0.39 is 4.92 Å². The smallest absolute Gasteiger partial charge is 0.269 e. The number of rotatable bonds is 3. The van der Waals surface area contributed by atoms with Gasteiger partial charge in [0.05, 0.1) is 11.0 Å². The van der Waals surface area contributed by atoms with E-state index in [2.05, 4.69) is 31.0 Å². The SMILES string of the molecule is CC(C)C1c2[nH]c3ccccc3c2CCN1C(=O)c1ccc([N+](=O)[O-])cc1. The third-order valence-electron chi connectivity index (χ3n) is 5.30. The average Bonchev–Trinajstić information content (AvgIpc) is 3.05. The third-order valence-corrected chi connectivity index (χ3v) is 5.30. The monoisotopic (exact) mass is 363 g/mol. The molecule has 6 heteroatoms. The van der Waals surface area contributed by atoms with E-state index in [9.17, 15) is 14.9 Å². The lowest BCUT2D eigenvalue weighted by atomic mass is 9.90. The number of nitrogens with one attached hydrogen (secondary N) is 1. The van der Waals surface area contributed by atoms with Gasteiger partial charge < -0.3 is 9.88 Å². The molecule has 1 aliphatic rings. The van der Waals surface area contributed by atoms with E-state index in [1.165, 1.54) is 23.1 Å². The molecule has 0 saturated carbocycles. The van der Waals surface area contributed by atoms with Crippen LogP contribution in [-0.4, -0.2) is 27.3 Å². The van der Waals surface area contributed by atoms with E-state index in [1.54, 1.807) is 12.1 Å². The van der Waals surface area contributed by atoms with Gasteiger partial charge in [0.15, 0.2) is 0 Å². The highest BCUT2D eigenvalue weighted by Gasteiger charge is 2.35. The van der Waals surface area contributed by atoms with Gasteiger partial charge in [0, 0.05) is 40.8 Å². The first-order valence-corrected chi connectivity index (χ1v) is 9.12. The minimum Gasteiger partial charge on any atom is -0.356 e. The summed E-state index contributed by atoms with van der Waals surface area (Å²) in [6.45, 7) is 4.86. The Bertz CT molecular complexity index is 1020. The molecule has 0 aliphatic carbocycles. The van der Waals surface area contributed by atoms with E-state index in [1.807, 2.05) is 17.0 Å². The number of hydrogen-bond acceptors (Lipinski definition) is 3. The van der Waals surface area contributed by atoms with E-state index in [0.717, 1.165) is 17.6 Å². The maximum Gasteiger partial charge on any atom is 0.269 e. The number of para-hydroxylation sites is 1. The van der Waals surface area contributed by atoms with Crippen molar-refractivity contribution >= 4 is 22.5 Å². The number of aromatic nitrogens is 1. The number of aromatic amines is 1. The summed E-state index contributed by atoms with van der Waals surface area (Å²) in [4.78, 5) is 29.0. The Morgan fingerprint density at radius 2 is 1.89 bits per heavy atom. The fourth-order valence-corrected chi connectivity index (χ4v) is 4.08. The summed E-state index contributed by atoms with van der Waals surface area (Å²) in [6.07, 6.45) is 0.793. The second kappa shape index (κ2) is 6.54. The first-order valence-electron chi connectivity index (χ1n) is 9.12. The van der Waals surface area contributed by atoms with Crippen molar-refractivity contribution in [2.24, 2.45) is 5.92 Å². The summed E-state index contributed by atoms with van der Waals surface area (Å²) >= 11 is 0. The fraction of sp³-hybridized carbons (Fsp3) is 0.286. The number of nitrogens with zero attached hydrogens (tertiary/aromatic N) is 2. The van der Waals surface area contributed by atoms with Crippen LogP contribution < -0.4 is 0 Å². The molecule has 27 heavy (non-hydrogen) atoms. The van der Waals surface area contributed by atoms with Crippen LogP contribution in [-0.2, 0) is 6.42 Å². The van der Waals surface area contributed by atoms with Gasteiger partial charge in [-0.2, -0.15) is 0 Å². The molecule has 0 fully saturated rings. The average molecular weight is 363 g/mol. The second-order valence-electron chi connectivity index (χ2n) is 7.30. The number of fused-ring (bicyclic) bond motifs is 3. The van der Waals surface area contributed by atoms with Crippen molar-refractivity contribution in [3.05, 3.63) is 75.5 Å². The van der Waals surface area contributed by atoms with Crippen LogP contribution in [0.2, 0.25) is 0 Å². The lowest BCUT2D eigenvalue weighted by Crippen LogP contribution is -2.42. The van der Waals surface area contributed by atoms with Crippen molar-refractivity contribution in [2.75, 3.05) is 6.54 Å². The number of hydrogen-bond donors (Lipinski definition) is 1. The molecule has 3 aromatic rings. The zero-order chi connectivity index (χ0) is 19.1. The number of H-pyrrole nitrogens is 1. The molecule has 1 atom stereocenters. The first kappa shape index (κ1) is 17.3. The predicted octanol–water partition coefficient (Wildman–Crippen LogP) is 4.47.